The van der Waals surface area contributed by atoms with E-state index in [1.54, 1.807) is 0 Å². The van der Waals surface area contributed by atoms with Crippen molar-refractivity contribution in [3.63, 3.8) is 0 Å². The van der Waals surface area contributed by atoms with Crippen molar-refractivity contribution < 1.29 is 13.2 Å². The molecule has 6 heteroatoms. The second kappa shape index (κ2) is 5.11. The van der Waals surface area contributed by atoms with Crippen LogP contribution in [0.4, 0.5) is 18.9 Å². The largest absolute Gasteiger partial charge is 0.418 e. The van der Waals surface area contributed by atoms with Crippen LogP contribution in [-0.4, -0.2) is 30.1 Å². The molecule has 0 bridgehead atoms. The molecule has 2 heterocycles. The van der Waals surface area contributed by atoms with E-state index in [9.17, 15) is 13.2 Å². The summed E-state index contributed by atoms with van der Waals surface area (Å²) in [6, 6.07) is 4.39. The van der Waals surface area contributed by atoms with E-state index in [0.717, 1.165) is 38.4 Å². The Balaban J connectivity index is 1.84. The first-order valence-electron chi connectivity index (χ1n) is 6.82. The van der Waals surface area contributed by atoms with Crippen LogP contribution in [0.2, 0.25) is 5.02 Å². The minimum absolute atomic E-state index is 0.0970. The molecule has 0 aliphatic carbocycles. The third kappa shape index (κ3) is 2.61. The third-order valence-electron chi connectivity index (χ3n) is 4.23. The highest BCUT2D eigenvalue weighted by atomic mass is 35.5. The molecule has 1 N–H and O–H groups in total. The van der Waals surface area contributed by atoms with Gasteiger partial charge in [-0.1, -0.05) is 11.6 Å². The molecule has 20 heavy (non-hydrogen) atoms. The van der Waals surface area contributed by atoms with Crippen LogP contribution >= 0.6 is 11.6 Å². The molecular weight excluding hydrogens is 289 g/mol. The van der Waals surface area contributed by atoms with Gasteiger partial charge in [-0.05, 0) is 44.0 Å². The minimum Gasteiger partial charge on any atom is -0.380 e. The molecule has 0 spiro atoms. The fraction of sp³-hybridized carbons (Fsp3) is 0.571. The topological polar surface area (TPSA) is 15.3 Å². The van der Waals surface area contributed by atoms with Crippen molar-refractivity contribution in [2.45, 2.75) is 37.5 Å². The summed E-state index contributed by atoms with van der Waals surface area (Å²) in [4.78, 5) is 2.36. The SMILES string of the molecule is FC(F)(F)c1cc(Cl)ccc1NC1CCN2CCCC12. The third-order valence-corrected chi connectivity index (χ3v) is 4.47. The maximum atomic E-state index is 13.1. The maximum Gasteiger partial charge on any atom is 0.418 e. The van der Waals surface area contributed by atoms with Gasteiger partial charge in [0.15, 0.2) is 0 Å². The van der Waals surface area contributed by atoms with Gasteiger partial charge in [0.05, 0.1) is 5.56 Å². The summed E-state index contributed by atoms with van der Waals surface area (Å²) < 4.78 is 39.2. The van der Waals surface area contributed by atoms with Gasteiger partial charge in [-0.3, -0.25) is 4.90 Å². The van der Waals surface area contributed by atoms with Gasteiger partial charge in [0.2, 0.25) is 0 Å². The molecule has 2 atom stereocenters. The van der Waals surface area contributed by atoms with E-state index >= 15 is 0 Å². The molecule has 2 nitrogen and oxygen atoms in total. The molecule has 0 amide bonds. The molecule has 2 unspecified atom stereocenters. The van der Waals surface area contributed by atoms with E-state index in [1.807, 2.05) is 0 Å². The lowest BCUT2D eigenvalue weighted by Gasteiger charge is -2.24. The Morgan fingerprint density at radius 3 is 2.75 bits per heavy atom. The number of nitrogens with one attached hydrogen (secondary N) is 1. The molecule has 2 aliphatic rings. The number of benzene rings is 1. The van der Waals surface area contributed by atoms with Gasteiger partial charge in [-0.25, -0.2) is 0 Å². The van der Waals surface area contributed by atoms with E-state index in [4.69, 9.17) is 11.6 Å². The molecule has 2 saturated heterocycles. The summed E-state index contributed by atoms with van der Waals surface area (Å²) >= 11 is 5.69. The van der Waals surface area contributed by atoms with Crippen LogP contribution in [0, 0.1) is 0 Å². The number of hydrogen-bond donors (Lipinski definition) is 1. The van der Waals surface area contributed by atoms with Crippen molar-refractivity contribution in [3.05, 3.63) is 28.8 Å². The highest BCUT2D eigenvalue weighted by Crippen LogP contribution is 2.38. The van der Waals surface area contributed by atoms with Gasteiger partial charge < -0.3 is 5.32 Å². The van der Waals surface area contributed by atoms with Crippen LogP contribution in [0.5, 0.6) is 0 Å². The number of rotatable bonds is 2. The molecule has 0 aromatic heterocycles. The summed E-state index contributed by atoms with van der Waals surface area (Å²) in [6.07, 6.45) is -1.30. The van der Waals surface area contributed by atoms with E-state index in [0.29, 0.717) is 6.04 Å². The normalized spacial score (nSPS) is 26.8. The van der Waals surface area contributed by atoms with E-state index in [2.05, 4.69) is 10.2 Å². The summed E-state index contributed by atoms with van der Waals surface area (Å²) in [7, 11) is 0. The zero-order valence-electron chi connectivity index (χ0n) is 10.9. The fourth-order valence-electron chi connectivity index (χ4n) is 3.33. The predicted molar refractivity (Wildman–Crippen MR) is 73.1 cm³/mol. The first-order chi connectivity index (χ1) is 9.45. The number of nitrogens with zero attached hydrogens (tertiary/aromatic N) is 1. The Kier molecular flexibility index (Phi) is 3.58. The first-order valence-corrected chi connectivity index (χ1v) is 7.20. The van der Waals surface area contributed by atoms with Crippen LogP contribution in [0.3, 0.4) is 0 Å². The number of fused-ring (bicyclic) bond motifs is 1. The standard InChI is InChI=1S/C14H16ClF3N2/c15-9-3-4-11(10(8-9)14(16,17)18)19-12-5-7-20-6-1-2-13(12)20/h3-4,8,12-13,19H,1-2,5-7H2. The lowest BCUT2D eigenvalue weighted by molar-refractivity contribution is -0.137. The first kappa shape index (κ1) is 14.0. The van der Waals surface area contributed by atoms with Crippen molar-refractivity contribution in [1.29, 1.82) is 0 Å². The molecule has 2 fully saturated rings. The van der Waals surface area contributed by atoms with Crippen molar-refractivity contribution in [2.24, 2.45) is 0 Å². The highest BCUT2D eigenvalue weighted by molar-refractivity contribution is 6.30. The average Bonchev–Trinajstić information content (AvgIpc) is 2.95. The number of anilines is 1. The van der Waals surface area contributed by atoms with E-state index in [-0.39, 0.29) is 16.8 Å². The second-order valence-corrected chi connectivity index (χ2v) is 5.91. The average molecular weight is 305 g/mol. The number of halogens is 4. The van der Waals surface area contributed by atoms with Gasteiger partial charge in [-0.15, -0.1) is 0 Å². The molecule has 0 saturated carbocycles. The predicted octanol–water partition coefficient (Wildman–Crippen LogP) is 4.01. The van der Waals surface area contributed by atoms with Gasteiger partial charge in [0.25, 0.3) is 0 Å². The lowest BCUT2D eigenvalue weighted by Crippen LogP contribution is -2.34. The monoisotopic (exact) mass is 304 g/mol. The quantitative estimate of drug-likeness (QED) is 0.888. The van der Waals surface area contributed by atoms with Crippen LogP contribution < -0.4 is 5.32 Å². The highest BCUT2D eigenvalue weighted by Gasteiger charge is 2.39. The van der Waals surface area contributed by atoms with Crippen molar-refractivity contribution in [2.75, 3.05) is 18.4 Å². The van der Waals surface area contributed by atoms with Gasteiger partial charge in [0, 0.05) is 29.3 Å². The molecule has 3 rings (SSSR count). The molecule has 1 aromatic rings. The molecule has 0 radical (unpaired) electrons. The van der Waals surface area contributed by atoms with Gasteiger partial charge in [0.1, 0.15) is 0 Å². The molecular formula is C14H16ClF3N2. The Labute approximate surface area is 120 Å². The second-order valence-electron chi connectivity index (χ2n) is 5.47. The van der Waals surface area contributed by atoms with Crippen molar-refractivity contribution in [1.82, 2.24) is 4.90 Å². The minimum atomic E-state index is -4.39. The lowest BCUT2D eigenvalue weighted by atomic mass is 10.0. The Hall–Kier alpha value is -0.940. The summed E-state index contributed by atoms with van der Waals surface area (Å²) in [5.41, 5.74) is -0.540. The van der Waals surface area contributed by atoms with Crippen LogP contribution in [0.25, 0.3) is 0 Å². The Bertz CT molecular complexity index is 504. The molecule has 110 valence electrons. The van der Waals surface area contributed by atoms with Crippen LogP contribution in [0.1, 0.15) is 24.8 Å². The maximum absolute atomic E-state index is 13.1. The van der Waals surface area contributed by atoms with E-state index in [1.165, 1.54) is 12.1 Å². The van der Waals surface area contributed by atoms with E-state index < -0.39 is 11.7 Å². The zero-order chi connectivity index (χ0) is 14.3. The Morgan fingerprint density at radius 2 is 2.00 bits per heavy atom. The van der Waals surface area contributed by atoms with Gasteiger partial charge in [-0.2, -0.15) is 13.2 Å². The summed E-state index contributed by atoms with van der Waals surface area (Å²) in [5, 5.41) is 3.20. The smallest absolute Gasteiger partial charge is 0.380 e. The summed E-state index contributed by atoms with van der Waals surface area (Å²) in [5.74, 6) is 0. The van der Waals surface area contributed by atoms with Crippen molar-refractivity contribution >= 4 is 17.3 Å². The number of alkyl halides is 3. The summed E-state index contributed by atoms with van der Waals surface area (Å²) in [6.45, 7) is 2.03. The van der Waals surface area contributed by atoms with Crippen molar-refractivity contribution in [3.8, 4) is 0 Å². The fourth-order valence-corrected chi connectivity index (χ4v) is 3.50. The zero-order valence-corrected chi connectivity index (χ0v) is 11.6. The number of hydrogen-bond acceptors (Lipinski definition) is 2. The molecule has 1 aromatic carbocycles. The van der Waals surface area contributed by atoms with Crippen LogP contribution in [0.15, 0.2) is 18.2 Å². The molecule has 2 aliphatic heterocycles. The van der Waals surface area contributed by atoms with Gasteiger partial charge >= 0.3 is 6.18 Å². The Morgan fingerprint density at radius 1 is 1.20 bits per heavy atom. The van der Waals surface area contributed by atoms with Crippen LogP contribution in [-0.2, 0) is 6.18 Å².